The van der Waals surface area contributed by atoms with Gasteiger partial charge in [-0.15, -0.1) is 0 Å². The average molecular weight is 358 g/mol. The lowest BCUT2D eigenvalue weighted by atomic mass is 9.97. The number of benzene rings is 1. The molecule has 1 N–H and O–H groups in total. The smallest absolute Gasteiger partial charge is 0.408 e. The number of amides is 2. The molecule has 0 aromatic heterocycles. The molecule has 1 fully saturated rings. The number of nitrogens with zero attached hydrogens (tertiary/aromatic N) is 1. The van der Waals surface area contributed by atoms with Crippen LogP contribution in [0.3, 0.4) is 0 Å². The summed E-state index contributed by atoms with van der Waals surface area (Å²) in [5.74, 6) is -0.662. The third-order valence-electron chi connectivity index (χ3n) is 4.04. The molecule has 2 atom stereocenters. The summed E-state index contributed by atoms with van der Waals surface area (Å²) in [6.45, 7) is 2.47. The Kier molecular flexibility index (Phi) is 5.92. The number of rotatable bonds is 4. The predicted octanol–water partition coefficient (Wildman–Crippen LogP) is 2.43. The van der Waals surface area contributed by atoms with Crippen LogP contribution in [-0.2, 0) is 9.59 Å². The molecular formula is C17H21F3N2O3. The van der Waals surface area contributed by atoms with Gasteiger partial charge in [0.25, 0.3) is 5.91 Å². The minimum absolute atomic E-state index is 0.173. The van der Waals surface area contributed by atoms with Crippen LogP contribution < -0.4 is 10.1 Å². The fourth-order valence-electron chi connectivity index (χ4n) is 2.93. The van der Waals surface area contributed by atoms with Crippen molar-refractivity contribution < 1.29 is 27.5 Å². The van der Waals surface area contributed by atoms with E-state index >= 15 is 0 Å². The molecule has 1 saturated heterocycles. The Morgan fingerprint density at radius 3 is 2.64 bits per heavy atom. The van der Waals surface area contributed by atoms with Crippen molar-refractivity contribution in [1.82, 2.24) is 10.2 Å². The van der Waals surface area contributed by atoms with E-state index in [-0.39, 0.29) is 25.3 Å². The van der Waals surface area contributed by atoms with E-state index in [2.05, 4.69) is 5.32 Å². The highest BCUT2D eigenvalue weighted by Gasteiger charge is 2.48. The maximum Gasteiger partial charge on any atom is 0.408 e. The van der Waals surface area contributed by atoms with Gasteiger partial charge in [-0.1, -0.05) is 12.1 Å². The van der Waals surface area contributed by atoms with Crippen LogP contribution in [0.2, 0.25) is 0 Å². The monoisotopic (exact) mass is 358 g/mol. The number of aryl methyl sites for hydroxylation is 1. The SMILES string of the molecule is CC(=O)N[C@@H]1CC[C@@H](C(F)(F)F)N(C(=O)COc2cccc(C)c2)C1. The van der Waals surface area contributed by atoms with Crippen LogP contribution in [0.15, 0.2) is 24.3 Å². The van der Waals surface area contributed by atoms with Crippen molar-refractivity contribution in [2.24, 2.45) is 0 Å². The number of piperidine rings is 1. The second-order valence-corrected chi connectivity index (χ2v) is 6.18. The van der Waals surface area contributed by atoms with E-state index in [0.717, 1.165) is 10.5 Å². The molecule has 2 amide bonds. The molecule has 2 rings (SSSR count). The maximum atomic E-state index is 13.2. The van der Waals surface area contributed by atoms with E-state index < -0.39 is 30.8 Å². The Balaban J connectivity index is 2.06. The number of carbonyl (C=O) groups is 2. The van der Waals surface area contributed by atoms with Crippen molar-refractivity contribution in [3.8, 4) is 5.75 Å². The van der Waals surface area contributed by atoms with E-state index in [1.807, 2.05) is 13.0 Å². The van der Waals surface area contributed by atoms with E-state index in [1.165, 1.54) is 6.92 Å². The van der Waals surface area contributed by atoms with Gasteiger partial charge in [-0.05, 0) is 37.5 Å². The van der Waals surface area contributed by atoms with Crippen LogP contribution in [0, 0.1) is 6.92 Å². The molecular weight excluding hydrogens is 337 g/mol. The molecule has 0 spiro atoms. The predicted molar refractivity (Wildman–Crippen MR) is 85.1 cm³/mol. The minimum atomic E-state index is -4.51. The van der Waals surface area contributed by atoms with Crippen LogP contribution >= 0.6 is 0 Å². The van der Waals surface area contributed by atoms with Gasteiger partial charge in [-0.2, -0.15) is 13.2 Å². The molecule has 8 heteroatoms. The first-order valence-electron chi connectivity index (χ1n) is 7.99. The highest BCUT2D eigenvalue weighted by molar-refractivity contribution is 5.79. The summed E-state index contributed by atoms with van der Waals surface area (Å²) in [5, 5.41) is 2.58. The van der Waals surface area contributed by atoms with Gasteiger partial charge in [0.2, 0.25) is 5.91 Å². The Labute approximate surface area is 144 Å². The van der Waals surface area contributed by atoms with Gasteiger partial charge in [0.1, 0.15) is 11.8 Å². The van der Waals surface area contributed by atoms with Gasteiger partial charge in [0.05, 0.1) is 0 Å². The maximum absolute atomic E-state index is 13.2. The molecule has 1 aliphatic rings. The Hall–Kier alpha value is -2.25. The van der Waals surface area contributed by atoms with Crippen molar-refractivity contribution in [2.45, 2.75) is 44.9 Å². The van der Waals surface area contributed by atoms with E-state index in [1.54, 1.807) is 18.2 Å². The number of carbonyl (C=O) groups excluding carboxylic acids is 2. The normalized spacial score (nSPS) is 20.9. The molecule has 5 nitrogen and oxygen atoms in total. The highest BCUT2D eigenvalue weighted by Crippen LogP contribution is 2.32. The van der Waals surface area contributed by atoms with Crippen LogP contribution in [0.25, 0.3) is 0 Å². The molecule has 0 aliphatic carbocycles. The van der Waals surface area contributed by atoms with E-state index in [4.69, 9.17) is 4.74 Å². The standard InChI is InChI=1S/C17H21F3N2O3/c1-11-4-3-5-14(8-11)25-10-16(24)22-9-13(21-12(2)23)6-7-15(22)17(18,19)20/h3-5,8,13,15H,6-7,9-10H2,1-2H3,(H,21,23)/t13-,15+/m1/s1. The first-order valence-corrected chi connectivity index (χ1v) is 7.99. The fourth-order valence-corrected chi connectivity index (χ4v) is 2.93. The molecule has 138 valence electrons. The second-order valence-electron chi connectivity index (χ2n) is 6.18. The largest absolute Gasteiger partial charge is 0.484 e. The Morgan fingerprint density at radius 1 is 1.32 bits per heavy atom. The van der Waals surface area contributed by atoms with E-state index in [9.17, 15) is 22.8 Å². The first kappa shape index (κ1) is 19.1. The van der Waals surface area contributed by atoms with Gasteiger partial charge in [0.15, 0.2) is 6.61 Å². The number of ether oxygens (including phenoxy) is 1. The molecule has 1 aromatic rings. The Morgan fingerprint density at radius 2 is 2.04 bits per heavy atom. The second kappa shape index (κ2) is 7.76. The summed E-state index contributed by atoms with van der Waals surface area (Å²) in [6.07, 6.45) is -4.59. The molecule has 1 heterocycles. The zero-order valence-electron chi connectivity index (χ0n) is 14.1. The average Bonchev–Trinajstić information content (AvgIpc) is 2.51. The van der Waals surface area contributed by atoms with Gasteiger partial charge in [0, 0.05) is 19.5 Å². The zero-order chi connectivity index (χ0) is 18.6. The number of hydrogen-bond acceptors (Lipinski definition) is 3. The molecule has 0 saturated carbocycles. The van der Waals surface area contributed by atoms with Crippen LogP contribution in [-0.4, -0.2) is 48.1 Å². The molecule has 0 unspecified atom stereocenters. The summed E-state index contributed by atoms with van der Waals surface area (Å²) < 4.78 is 45.0. The number of nitrogens with one attached hydrogen (secondary N) is 1. The van der Waals surface area contributed by atoms with Gasteiger partial charge in [-0.25, -0.2) is 0 Å². The fraction of sp³-hybridized carbons (Fsp3) is 0.529. The molecule has 1 aromatic carbocycles. The number of hydrogen-bond donors (Lipinski definition) is 1. The first-order chi connectivity index (χ1) is 11.7. The number of halogens is 3. The molecule has 0 bridgehead atoms. The van der Waals surface area contributed by atoms with Crippen LogP contribution in [0.1, 0.15) is 25.3 Å². The summed E-state index contributed by atoms with van der Waals surface area (Å²) in [6, 6.07) is 4.58. The summed E-state index contributed by atoms with van der Waals surface area (Å²) in [5.41, 5.74) is 0.918. The zero-order valence-corrected chi connectivity index (χ0v) is 14.1. The lowest BCUT2D eigenvalue weighted by Crippen LogP contribution is -2.59. The minimum Gasteiger partial charge on any atom is -0.484 e. The quantitative estimate of drug-likeness (QED) is 0.899. The highest BCUT2D eigenvalue weighted by atomic mass is 19.4. The summed E-state index contributed by atoms with van der Waals surface area (Å²) in [7, 11) is 0. The number of likely N-dealkylation sites (tertiary alicyclic amines) is 1. The van der Waals surface area contributed by atoms with Crippen molar-refractivity contribution in [3.05, 3.63) is 29.8 Å². The summed E-state index contributed by atoms with van der Waals surface area (Å²) >= 11 is 0. The van der Waals surface area contributed by atoms with Crippen molar-refractivity contribution >= 4 is 11.8 Å². The topological polar surface area (TPSA) is 58.6 Å². The Bertz CT molecular complexity index is 634. The van der Waals surface area contributed by atoms with Gasteiger partial charge < -0.3 is 15.0 Å². The lowest BCUT2D eigenvalue weighted by Gasteiger charge is -2.40. The summed E-state index contributed by atoms with van der Waals surface area (Å²) in [4.78, 5) is 24.2. The van der Waals surface area contributed by atoms with Gasteiger partial charge in [-0.3, -0.25) is 9.59 Å². The number of alkyl halides is 3. The van der Waals surface area contributed by atoms with Crippen LogP contribution in [0.4, 0.5) is 13.2 Å². The molecule has 0 radical (unpaired) electrons. The third kappa shape index (κ3) is 5.37. The van der Waals surface area contributed by atoms with Crippen molar-refractivity contribution in [1.29, 1.82) is 0 Å². The van der Waals surface area contributed by atoms with E-state index in [0.29, 0.717) is 5.75 Å². The van der Waals surface area contributed by atoms with Crippen molar-refractivity contribution in [3.63, 3.8) is 0 Å². The van der Waals surface area contributed by atoms with Crippen LogP contribution in [0.5, 0.6) is 5.75 Å². The van der Waals surface area contributed by atoms with Crippen molar-refractivity contribution in [2.75, 3.05) is 13.2 Å². The molecule has 25 heavy (non-hydrogen) atoms. The lowest BCUT2D eigenvalue weighted by molar-refractivity contribution is -0.198. The third-order valence-corrected chi connectivity index (χ3v) is 4.04. The van der Waals surface area contributed by atoms with Gasteiger partial charge >= 0.3 is 6.18 Å². The molecule has 1 aliphatic heterocycles.